The molecule has 0 bridgehead atoms. The lowest BCUT2D eigenvalue weighted by atomic mass is 9.88. The maximum Gasteiger partial charge on any atom is 0.344 e. The van der Waals surface area contributed by atoms with E-state index in [4.69, 9.17) is 9.47 Å². The third-order valence-corrected chi connectivity index (χ3v) is 5.65. The topological polar surface area (TPSA) is 84.9 Å². The van der Waals surface area contributed by atoms with Gasteiger partial charge in [-0.25, -0.2) is 4.79 Å². The van der Waals surface area contributed by atoms with Crippen molar-refractivity contribution in [1.82, 2.24) is 5.32 Å². The van der Waals surface area contributed by atoms with Gasteiger partial charge in [-0.2, -0.15) is 0 Å². The second-order valence-electron chi connectivity index (χ2n) is 7.80. The summed E-state index contributed by atoms with van der Waals surface area (Å²) in [6, 6.07) is 15.0. The number of amides is 2. The lowest BCUT2D eigenvalue weighted by Gasteiger charge is -2.26. The first-order valence-electron chi connectivity index (χ1n) is 10.7. The molecule has 2 aromatic rings. The Morgan fingerprint density at radius 3 is 2.58 bits per heavy atom. The molecule has 0 aromatic heterocycles. The molecule has 7 nitrogen and oxygen atoms in total. The highest BCUT2D eigenvalue weighted by molar-refractivity contribution is 5.95. The van der Waals surface area contributed by atoms with Crippen LogP contribution in [0.5, 0.6) is 5.75 Å². The van der Waals surface area contributed by atoms with Crippen molar-refractivity contribution < 1.29 is 23.9 Å². The summed E-state index contributed by atoms with van der Waals surface area (Å²) >= 11 is 0. The third kappa shape index (κ3) is 5.23. The number of fused-ring (bicyclic) bond motifs is 1. The molecule has 1 heterocycles. The highest BCUT2D eigenvalue weighted by Gasteiger charge is 2.22. The highest BCUT2D eigenvalue weighted by atomic mass is 16.6. The maximum atomic E-state index is 12.2. The standard InChI is InChI=1S/C24H26N2O5/c27-22(25-21-8-3-6-17-5-1-2-7-20(17)21)15-31-24(29)16-30-19-12-10-18(11-13-19)26-14-4-9-23(26)28/h1-2,5,7,10-13,21H,3-4,6,8-9,14-16H2,(H,25,27)/t21-/m0/s1. The molecule has 4 rings (SSSR count). The summed E-state index contributed by atoms with van der Waals surface area (Å²) in [4.78, 5) is 37.7. The summed E-state index contributed by atoms with van der Waals surface area (Å²) in [5.41, 5.74) is 3.21. The minimum absolute atomic E-state index is 0.0478. The zero-order valence-electron chi connectivity index (χ0n) is 17.3. The van der Waals surface area contributed by atoms with E-state index in [1.54, 1.807) is 29.2 Å². The summed E-state index contributed by atoms with van der Waals surface area (Å²) in [5.74, 6) is -0.324. The van der Waals surface area contributed by atoms with E-state index in [1.807, 2.05) is 18.2 Å². The summed E-state index contributed by atoms with van der Waals surface area (Å²) in [5, 5.41) is 2.95. The quantitative estimate of drug-likeness (QED) is 0.694. The minimum atomic E-state index is -0.613. The molecule has 2 aromatic carbocycles. The van der Waals surface area contributed by atoms with E-state index >= 15 is 0 Å². The molecule has 1 aliphatic heterocycles. The fraction of sp³-hybridized carbons (Fsp3) is 0.375. The van der Waals surface area contributed by atoms with E-state index < -0.39 is 5.97 Å². The Labute approximate surface area is 181 Å². The first-order valence-corrected chi connectivity index (χ1v) is 10.7. The maximum absolute atomic E-state index is 12.2. The van der Waals surface area contributed by atoms with E-state index in [1.165, 1.54) is 5.56 Å². The molecule has 0 spiro atoms. The number of hydrogen-bond donors (Lipinski definition) is 1. The molecule has 7 heteroatoms. The van der Waals surface area contributed by atoms with E-state index in [0.717, 1.165) is 43.5 Å². The zero-order chi connectivity index (χ0) is 21.6. The molecule has 0 unspecified atom stereocenters. The Balaban J connectivity index is 1.20. The highest BCUT2D eigenvalue weighted by Crippen LogP contribution is 2.29. The molecule has 1 fully saturated rings. The predicted octanol–water partition coefficient (Wildman–Crippen LogP) is 2.93. The van der Waals surface area contributed by atoms with E-state index in [0.29, 0.717) is 12.2 Å². The van der Waals surface area contributed by atoms with Gasteiger partial charge in [0.25, 0.3) is 5.91 Å². The molecule has 162 valence electrons. The Hall–Kier alpha value is -3.35. The van der Waals surface area contributed by atoms with Gasteiger partial charge < -0.3 is 19.7 Å². The number of aryl methyl sites for hydroxylation is 1. The van der Waals surface area contributed by atoms with Crippen LogP contribution in [0.4, 0.5) is 5.69 Å². The molecule has 31 heavy (non-hydrogen) atoms. The Morgan fingerprint density at radius 2 is 1.81 bits per heavy atom. The normalized spacial score (nSPS) is 17.7. The van der Waals surface area contributed by atoms with Crippen LogP contribution in [-0.2, 0) is 25.5 Å². The van der Waals surface area contributed by atoms with Crippen LogP contribution in [-0.4, -0.2) is 37.5 Å². The first-order chi connectivity index (χ1) is 15.1. The lowest BCUT2D eigenvalue weighted by Crippen LogP contribution is -2.34. The van der Waals surface area contributed by atoms with Gasteiger partial charge in [0.05, 0.1) is 6.04 Å². The summed E-state index contributed by atoms with van der Waals surface area (Å²) < 4.78 is 10.5. The van der Waals surface area contributed by atoms with Crippen LogP contribution < -0.4 is 15.0 Å². The van der Waals surface area contributed by atoms with Gasteiger partial charge in [-0.15, -0.1) is 0 Å². The van der Waals surface area contributed by atoms with Gasteiger partial charge in [0.2, 0.25) is 5.91 Å². The van der Waals surface area contributed by atoms with Gasteiger partial charge in [-0.1, -0.05) is 24.3 Å². The van der Waals surface area contributed by atoms with Crippen LogP contribution in [0.2, 0.25) is 0 Å². The zero-order valence-corrected chi connectivity index (χ0v) is 17.3. The monoisotopic (exact) mass is 422 g/mol. The molecule has 2 aliphatic rings. The van der Waals surface area contributed by atoms with Gasteiger partial charge >= 0.3 is 5.97 Å². The van der Waals surface area contributed by atoms with Crippen LogP contribution in [0.15, 0.2) is 48.5 Å². The molecule has 0 saturated carbocycles. The fourth-order valence-corrected chi connectivity index (χ4v) is 4.11. The number of nitrogens with zero attached hydrogens (tertiary/aromatic N) is 1. The number of ether oxygens (including phenoxy) is 2. The average molecular weight is 422 g/mol. The van der Waals surface area contributed by atoms with E-state index in [2.05, 4.69) is 11.4 Å². The molecule has 0 radical (unpaired) electrons. The number of nitrogens with one attached hydrogen (secondary N) is 1. The molecule has 1 saturated heterocycles. The van der Waals surface area contributed by atoms with Crippen molar-refractivity contribution in [3.8, 4) is 5.75 Å². The Morgan fingerprint density at radius 1 is 1.00 bits per heavy atom. The lowest BCUT2D eigenvalue weighted by molar-refractivity contribution is -0.150. The molecular formula is C24H26N2O5. The van der Waals surface area contributed by atoms with Crippen LogP contribution in [0.1, 0.15) is 42.9 Å². The Bertz CT molecular complexity index is 957. The van der Waals surface area contributed by atoms with Crippen LogP contribution in [0.25, 0.3) is 0 Å². The molecule has 1 atom stereocenters. The summed E-state index contributed by atoms with van der Waals surface area (Å²) in [7, 11) is 0. The first kappa shape index (κ1) is 20.9. The van der Waals surface area contributed by atoms with Crippen molar-refractivity contribution in [2.75, 3.05) is 24.7 Å². The Kier molecular flexibility index (Phi) is 6.50. The number of hydrogen-bond acceptors (Lipinski definition) is 5. The van der Waals surface area contributed by atoms with Gasteiger partial charge in [0.1, 0.15) is 5.75 Å². The number of carbonyl (C=O) groups is 3. The van der Waals surface area contributed by atoms with Gasteiger partial charge in [0, 0.05) is 18.7 Å². The second kappa shape index (κ2) is 9.64. The van der Waals surface area contributed by atoms with Crippen molar-refractivity contribution in [1.29, 1.82) is 0 Å². The van der Waals surface area contributed by atoms with Gasteiger partial charge in [0.15, 0.2) is 13.2 Å². The number of esters is 1. The molecule has 1 aliphatic carbocycles. The molecule has 2 amide bonds. The molecule has 1 N–H and O–H groups in total. The minimum Gasteiger partial charge on any atom is -0.482 e. The predicted molar refractivity (Wildman–Crippen MR) is 115 cm³/mol. The largest absolute Gasteiger partial charge is 0.482 e. The fourth-order valence-electron chi connectivity index (χ4n) is 4.11. The van der Waals surface area contributed by atoms with Crippen molar-refractivity contribution >= 4 is 23.5 Å². The van der Waals surface area contributed by atoms with E-state index in [9.17, 15) is 14.4 Å². The van der Waals surface area contributed by atoms with Crippen molar-refractivity contribution in [2.45, 2.75) is 38.1 Å². The smallest absolute Gasteiger partial charge is 0.344 e. The number of rotatable bonds is 7. The van der Waals surface area contributed by atoms with Crippen molar-refractivity contribution in [3.63, 3.8) is 0 Å². The van der Waals surface area contributed by atoms with Crippen LogP contribution in [0.3, 0.4) is 0 Å². The van der Waals surface area contributed by atoms with Gasteiger partial charge in [-0.05, 0) is 61.1 Å². The third-order valence-electron chi connectivity index (χ3n) is 5.65. The summed E-state index contributed by atoms with van der Waals surface area (Å²) in [6.07, 6.45) is 4.35. The van der Waals surface area contributed by atoms with Crippen molar-refractivity contribution in [3.05, 3.63) is 59.7 Å². The number of anilines is 1. The molecular weight excluding hydrogens is 396 g/mol. The average Bonchev–Trinajstić information content (AvgIpc) is 3.23. The summed E-state index contributed by atoms with van der Waals surface area (Å²) in [6.45, 7) is 0.0955. The van der Waals surface area contributed by atoms with Crippen LogP contribution in [0, 0.1) is 0 Å². The SMILES string of the molecule is O=C(COC(=O)COc1ccc(N2CCCC2=O)cc1)N[C@H]1CCCc2ccccc21. The second-order valence-corrected chi connectivity index (χ2v) is 7.80. The van der Waals surface area contributed by atoms with Crippen molar-refractivity contribution in [2.24, 2.45) is 0 Å². The number of benzene rings is 2. The number of carbonyl (C=O) groups excluding carboxylic acids is 3. The van der Waals surface area contributed by atoms with E-state index in [-0.39, 0.29) is 31.1 Å². The van der Waals surface area contributed by atoms with Gasteiger partial charge in [-0.3, -0.25) is 9.59 Å². The van der Waals surface area contributed by atoms with Crippen LogP contribution >= 0.6 is 0 Å².